The van der Waals surface area contributed by atoms with Crippen molar-refractivity contribution in [1.29, 1.82) is 0 Å². The number of nitrogens with two attached hydrogens (primary N) is 1. The van der Waals surface area contributed by atoms with Crippen LogP contribution in [0.5, 0.6) is 0 Å². The lowest BCUT2D eigenvalue weighted by atomic mass is 10.1. The number of carbonyl (C=O) groups excluding carboxylic acids is 1. The molecular formula is C13H18FN3O2. The van der Waals surface area contributed by atoms with E-state index in [4.69, 9.17) is 10.9 Å². The Kier molecular flexibility index (Phi) is 5.29. The fraction of sp³-hybridized carbons (Fsp3) is 0.385. The number of aryl methyl sites for hydroxylation is 1. The highest BCUT2D eigenvalue weighted by Crippen LogP contribution is 2.12. The average molecular weight is 267 g/mol. The molecule has 0 heterocycles. The second-order valence-electron chi connectivity index (χ2n) is 4.28. The van der Waals surface area contributed by atoms with E-state index in [9.17, 15) is 9.18 Å². The van der Waals surface area contributed by atoms with Gasteiger partial charge < -0.3 is 16.3 Å². The van der Waals surface area contributed by atoms with Crippen LogP contribution in [-0.2, 0) is 0 Å². The van der Waals surface area contributed by atoms with Crippen LogP contribution in [0, 0.1) is 12.7 Å². The van der Waals surface area contributed by atoms with E-state index < -0.39 is 17.8 Å². The van der Waals surface area contributed by atoms with Crippen LogP contribution in [-0.4, -0.2) is 23.0 Å². The number of hydrogen-bond acceptors (Lipinski definition) is 3. The monoisotopic (exact) mass is 267 g/mol. The summed E-state index contributed by atoms with van der Waals surface area (Å²) < 4.78 is 13.8. The Morgan fingerprint density at radius 2 is 2.26 bits per heavy atom. The van der Waals surface area contributed by atoms with Crippen molar-refractivity contribution in [2.24, 2.45) is 10.9 Å². The van der Waals surface area contributed by atoms with Crippen LogP contribution in [0.25, 0.3) is 0 Å². The smallest absolute Gasteiger partial charge is 0.254 e. The SMILES string of the molecule is CCCC(NC(=O)c1cccc(C)c1F)/C(N)=N/O. The Morgan fingerprint density at radius 1 is 1.58 bits per heavy atom. The topological polar surface area (TPSA) is 87.7 Å². The number of rotatable bonds is 5. The largest absolute Gasteiger partial charge is 0.409 e. The summed E-state index contributed by atoms with van der Waals surface area (Å²) in [5.41, 5.74) is 5.83. The van der Waals surface area contributed by atoms with Crippen LogP contribution in [0.4, 0.5) is 4.39 Å². The van der Waals surface area contributed by atoms with E-state index in [2.05, 4.69) is 10.5 Å². The standard InChI is InChI=1S/C13H18FN3O2/c1-3-5-10(12(15)17-19)16-13(18)9-7-4-6-8(2)11(9)14/h4,6-7,10,19H,3,5H2,1-2H3,(H2,15,17)(H,16,18). The first kappa shape index (κ1) is 14.9. The lowest BCUT2D eigenvalue weighted by molar-refractivity contribution is 0.0940. The minimum absolute atomic E-state index is 0.0492. The molecule has 0 fully saturated rings. The molecule has 4 N–H and O–H groups in total. The number of hydrogen-bond donors (Lipinski definition) is 3. The van der Waals surface area contributed by atoms with Gasteiger partial charge in [-0.3, -0.25) is 4.79 Å². The quantitative estimate of drug-likeness (QED) is 0.329. The summed E-state index contributed by atoms with van der Waals surface area (Å²) in [6.07, 6.45) is 1.24. The molecule has 6 heteroatoms. The van der Waals surface area contributed by atoms with Gasteiger partial charge in [0.05, 0.1) is 11.6 Å². The molecule has 1 rings (SSSR count). The van der Waals surface area contributed by atoms with E-state index in [1.165, 1.54) is 6.07 Å². The molecule has 0 bridgehead atoms. The normalized spacial score (nSPS) is 13.1. The van der Waals surface area contributed by atoms with Crippen LogP contribution in [0.2, 0.25) is 0 Å². The third-order valence-corrected chi connectivity index (χ3v) is 2.79. The van der Waals surface area contributed by atoms with Crippen LogP contribution in [0.15, 0.2) is 23.4 Å². The molecule has 0 radical (unpaired) electrons. The molecule has 104 valence electrons. The van der Waals surface area contributed by atoms with E-state index >= 15 is 0 Å². The molecule has 0 aliphatic heterocycles. The van der Waals surface area contributed by atoms with Gasteiger partial charge in [0, 0.05) is 0 Å². The zero-order valence-electron chi connectivity index (χ0n) is 11.0. The molecule has 0 spiro atoms. The van der Waals surface area contributed by atoms with Crippen molar-refractivity contribution in [2.75, 3.05) is 0 Å². The maximum absolute atomic E-state index is 13.8. The molecule has 19 heavy (non-hydrogen) atoms. The average Bonchev–Trinajstić information content (AvgIpc) is 2.40. The molecule has 1 amide bonds. The van der Waals surface area contributed by atoms with Crippen LogP contribution in [0.1, 0.15) is 35.7 Å². The van der Waals surface area contributed by atoms with E-state index in [1.807, 2.05) is 6.92 Å². The van der Waals surface area contributed by atoms with E-state index in [0.29, 0.717) is 12.0 Å². The molecule has 0 aliphatic carbocycles. The molecule has 1 atom stereocenters. The first-order valence-corrected chi connectivity index (χ1v) is 6.04. The molecule has 1 unspecified atom stereocenters. The molecule has 0 aliphatic rings. The number of nitrogens with one attached hydrogen (secondary N) is 1. The van der Waals surface area contributed by atoms with Gasteiger partial charge in [-0.25, -0.2) is 4.39 Å². The van der Waals surface area contributed by atoms with Gasteiger partial charge in [-0.2, -0.15) is 0 Å². The molecule has 1 aromatic carbocycles. The van der Waals surface area contributed by atoms with Gasteiger partial charge in [0.15, 0.2) is 5.84 Å². The number of amidine groups is 1. The van der Waals surface area contributed by atoms with Gasteiger partial charge in [0.1, 0.15) is 5.82 Å². The Balaban J connectivity index is 2.91. The second-order valence-corrected chi connectivity index (χ2v) is 4.28. The lowest BCUT2D eigenvalue weighted by Crippen LogP contribution is -2.44. The van der Waals surface area contributed by atoms with Crippen molar-refractivity contribution in [1.82, 2.24) is 5.32 Å². The number of nitrogens with zero attached hydrogens (tertiary/aromatic N) is 1. The van der Waals surface area contributed by atoms with Crippen molar-refractivity contribution >= 4 is 11.7 Å². The van der Waals surface area contributed by atoms with Gasteiger partial charge >= 0.3 is 0 Å². The predicted octanol–water partition coefficient (Wildman–Crippen LogP) is 1.78. The Labute approximate surface area is 111 Å². The van der Waals surface area contributed by atoms with Crippen molar-refractivity contribution in [3.8, 4) is 0 Å². The molecule has 0 saturated carbocycles. The Bertz CT molecular complexity index is 489. The number of benzene rings is 1. The highest BCUT2D eigenvalue weighted by Gasteiger charge is 2.19. The summed E-state index contributed by atoms with van der Waals surface area (Å²) in [6.45, 7) is 3.48. The molecule has 0 aromatic heterocycles. The summed E-state index contributed by atoms with van der Waals surface area (Å²) in [4.78, 5) is 12.0. The number of halogens is 1. The zero-order valence-corrected chi connectivity index (χ0v) is 11.0. The summed E-state index contributed by atoms with van der Waals surface area (Å²) in [5, 5.41) is 14.1. The highest BCUT2D eigenvalue weighted by atomic mass is 19.1. The summed E-state index contributed by atoms with van der Waals surface area (Å²) in [7, 11) is 0. The third-order valence-electron chi connectivity index (χ3n) is 2.79. The first-order chi connectivity index (χ1) is 9.01. The summed E-state index contributed by atoms with van der Waals surface area (Å²) in [6, 6.07) is 3.97. The van der Waals surface area contributed by atoms with Gasteiger partial charge in [-0.15, -0.1) is 0 Å². The van der Waals surface area contributed by atoms with Crippen LogP contribution in [0.3, 0.4) is 0 Å². The molecule has 0 saturated heterocycles. The van der Waals surface area contributed by atoms with Crippen LogP contribution >= 0.6 is 0 Å². The van der Waals surface area contributed by atoms with Gasteiger partial charge in [-0.05, 0) is 25.0 Å². The predicted molar refractivity (Wildman–Crippen MR) is 70.7 cm³/mol. The van der Waals surface area contributed by atoms with Crippen molar-refractivity contribution in [3.05, 3.63) is 35.1 Å². The third kappa shape index (κ3) is 3.67. The van der Waals surface area contributed by atoms with Gasteiger partial charge in [0.2, 0.25) is 0 Å². The summed E-state index contributed by atoms with van der Waals surface area (Å²) >= 11 is 0. The minimum atomic E-state index is -0.609. The van der Waals surface area contributed by atoms with Gasteiger partial charge in [-0.1, -0.05) is 30.6 Å². The van der Waals surface area contributed by atoms with Crippen molar-refractivity contribution < 1.29 is 14.4 Å². The summed E-state index contributed by atoms with van der Waals surface area (Å²) in [5.74, 6) is -1.23. The highest BCUT2D eigenvalue weighted by molar-refractivity contribution is 5.98. The van der Waals surface area contributed by atoms with E-state index in [1.54, 1.807) is 19.1 Å². The zero-order chi connectivity index (χ0) is 14.4. The molecular weight excluding hydrogens is 249 g/mol. The Morgan fingerprint density at radius 3 is 2.84 bits per heavy atom. The molecule has 5 nitrogen and oxygen atoms in total. The van der Waals surface area contributed by atoms with Gasteiger partial charge in [0.25, 0.3) is 5.91 Å². The fourth-order valence-electron chi connectivity index (χ4n) is 1.71. The fourth-order valence-corrected chi connectivity index (χ4v) is 1.71. The first-order valence-electron chi connectivity index (χ1n) is 6.04. The van der Waals surface area contributed by atoms with Crippen LogP contribution < -0.4 is 11.1 Å². The van der Waals surface area contributed by atoms with E-state index in [0.717, 1.165) is 6.42 Å². The maximum Gasteiger partial charge on any atom is 0.254 e. The van der Waals surface area contributed by atoms with E-state index in [-0.39, 0.29) is 11.4 Å². The van der Waals surface area contributed by atoms with Crippen molar-refractivity contribution in [2.45, 2.75) is 32.7 Å². The second kappa shape index (κ2) is 6.72. The lowest BCUT2D eigenvalue weighted by Gasteiger charge is -2.17. The van der Waals surface area contributed by atoms with Crippen molar-refractivity contribution in [3.63, 3.8) is 0 Å². The number of oxime groups is 1. The minimum Gasteiger partial charge on any atom is -0.409 e. The number of carbonyl (C=O) groups is 1. The maximum atomic E-state index is 13.8. The molecule has 1 aromatic rings. The Hall–Kier alpha value is -2.11. The number of amides is 1.